The summed E-state index contributed by atoms with van der Waals surface area (Å²) in [5.41, 5.74) is 0. The molecule has 0 aromatic rings. The Bertz CT molecular complexity index is 596. The van der Waals surface area contributed by atoms with E-state index in [9.17, 15) is 24.0 Å². The molecule has 0 saturated carbocycles. The smallest absolute Gasteiger partial charge is 0.328 e. The normalized spacial score (nSPS) is 12.3. The first-order chi connectivity index (χ1) is 14.2. The van der Waals surface area contributed by atoms with Crippen molar-refractivity contribution >= 4 is 29.8 Å². The van der Waals surface area contributed by atoms with Gasteiger partial charge in [-0.2, -0.15) is 0 Å². The first kappa shape index (κ1) is 27.1. The lowest BCUT2D eigenvalue weighted by Gasteiger charge is -2.25. The zero-order valence-electron chi connectivity index (χ0n) is 18.1. The number of hydrogen-bond donors (Lipinski definition) is 3. The van der Waals surface area contributed by atoms with E-state index in [1.54, 1.807) is 0 Å². The summed E-state index contributed by atoms with van der Waals surface area (Å²) in [6.45, 7) is 2.46. The van der Waals surface area contributed by atoms with Crippen molar-refractivity contribution in [2.24, 2.45) is 0 Å². The number of methoxy groups -OCH3 is 2. The highest BCUT2D eigenvalue weighted by molar-refractivity contribution is 5.90. The van der Waals surface area contributed by atoms with Gasteiger partial charge in [-0.15, -0.1) is 0 Å². The van der Waals surface area contributed by atoms with Crippen LogP contribution in [0.5, 0.6) is 0 Å². The number of amides is 3. The van der Waals surface area contributed by atoms with Crippen molar-refractivity contribution < 1.29 is 38.6 Å². The summed E-state index contributed by atoms with van der Waals surface area (Å²) in [4.78, 5) is 60.5. The van der Waals surface area contributed by atoms with Crippen LogP contribution in [0.2, 0.25) is 0 Å². The maximum Gasteiger partial charge on any atom is 0.328 e. The predicted octanol–water partition coefficient (Wildman–Crippen LogP) is 0.662. The summed E-state index contributed by atoms with van der Waals surface area (Å²) < 4.78 is 9.33. The molecule has 172 valence electrons. The molecule has 0 rings (SSSR count). The van der Waals surface area contributed by atoms with Gasteiger partial charge in [-0.25, -0.2) is 14.4 Å². The Morgan fingerprint density at radius 1 is 0.833 bits per heavy atom. The van der Waals surface area contributed by atoms with E-state index in [0.717, 1.165) is 17.7 Å². The van der Waals surface area contributed by atoms with Gasteiger partial charge in [0.1, 0.15) is 25.2 Å². The van der Waals surface area contributed by atoms with Gasteiger partial charge in [0.2, 0.25) is 5.91 Å². The van der Waals surface area contributed by atoms with Gasteiger partial charge in [-0.3, -0.25) is 9.59 Å². The number of rotatable bonds is 14. The highest BCUT2D eigenvalue weighted by atomic mass is 16.5. The van der Waals surface area contributed by atoms with E-state index >= 15 is 0 Å². The number of unbranched alkanes of at least 4 members (excludes halogenated alkanes) is 2. The van der Waals surface area contributed by atoms with Crippen LogP contribution in [0.25, 0.3) is 0 Å². The third kappa shape index (κ3) is 10.6. The molecule has 0 aromatic carbocycles. The molecule has 0 aromatic heterocycles. The molecular formula is C19H33N3O8. The molecule has 0 bridgehead atoms. The molecule has 0 spiro atoms. The van der Waals surface area contributed by atoms with Crippen LogP contribution in [0.4, 0.5) is 4.79 Å². The van der Waals surface area contributed by atoms with E-state index in [1.807, 2.05) is 13.8 Å². The van der Waals surface area contributed by atoms with Gasteiger partial charge in [0.25, 0.3) is 0 Å². The number of carbonyl (C=O) groups excluding carboxylic acids is 4. The lowest BCUT2D eigenvalue weighted by atomic mass is 10.1. The van der Waals surface area contributed by atoms with Crippen LogP contribution in [-0.4, -0.2) is 79.2 Å². The summed E-state index contributed by atoms with van der Waals surface area (Å²) in [7, 11) is 2.38. The van der Waals surface area contributed by atoms with E-state index in [-0.39, 0.29) is 0 Å². The van der Waals surface area contributed by atoms with E-state index in [0.29, 0.717) is 25.7 Å². The molecule has 30 heavy (non-hydrogen) atoms. The van der Waals surface area contributed by atoms with Crippen molar-refractivity contribution in [2.45, 2.75) is 64.5 Å². The van der Waals surface area contributed by atoms with Gasteiger partial charge in [0, 0.05) is 0 Å². The number of carboxylic acid groups (broad SMARTS) is 1. The van der Waals surface area contributed by atoms with Crippen molar-refractivity contribution in [3.63, 3.8) is 0 Å². The molecule has 0 unspecified atom stereocenters. The van der Waals surface area contributed by atoms with Gasteiger partial charge in [0.15, 0.2) is 0 Å². The Balaban J connectivity index is 5.20. The van der Waals surface area contributed by atoms with Gasteiger partial charge >= 0.3 is 23.9 Å². The fourth-order valence-electron chi connectivity index (χ4n) is 2.62. The van der Waals surface area contributed by atoms with E-state index in [1.165, 1.54) is 14.2 Å². The van der Waals surface area contributed by atoms with Crippen LogP contribution >= 0.6 is 0 Å². The zero-order chi connectivity index (χ0) is 23.1. The molecule has 0 heterocycles. The average molecular weight is 431 g/mol. The molecule has 3 amide bonds. The Morgan fingerprint density at radius 2 is 1.30 bits per heavy atom. The van der Waals surface area contributed by atoms with Crippen LogP contribution in [0.15, 0.2) is 0 Å². The second kappa shape index (κ2) is 15.1. The van der Waals surface area contributed by atoms with Gasteiger partial charge in [-0.05, 0) is 12.8 Å². The fraction of sp³-hybridized carbons (Fsp3) is 0.737. The lowest BCUT2D eigenvalue weighted by Crippen LogP contribution is -2.53. The monoisotopic (exact) mass is 431 g/mol. The third-order valence-electron chi connectivity index (χ3n) is 4.24. The Hall–Kier alpha value is -2.85. The SMILES string of the molecule is CCCC[C@H](NC(=O)CN(CC(=O)O)C(=O)N[C@@H](CCCC)C(=O)OC)C(=O)OC. The molecule has 2 atom stereocenters. The lowest BCUT2D eigenvalue weighted by molar-refractivity contribution is -0.146. The second-order valence-corrected chi connectivity index (χ2v) is 6.70. The molecule has 0 aliphatic carbocycles. The number of nitrogens with one attached hydrogen (secondary N) is 2. The molecule has 0 saturated heterocycles. The Labute approximate surface area is 176 Å². The highest BCUT2D eigenvalue weighted by Crippen LogP contribution is 2.05. The van der Waals surface area contributed by atoms with Crippen LogP contribution in [0.3, 0.4) is 0 Å². The summed E-state index contributed by atoms with van der Waals surface area (Å²) in [5, 5.41) is 14.0. The van der Waals surface area contributed by atoms with Crippen LogP contribution in [-0.2, 0) is 28.7 Å². The largest absolute Gasteiger partial charge is 0.480 e. The first-order valence-electron chi connectivity index (χ1n) is 9.92. The molecule has 0 aliphatic heterocycles. The van der Waals surface area contributed by atoms with Gasteiger partial charge in [-0.1, -0.05) is 39.5 Å². The van der Waals surface area contributed by atoms with Crippen molar-refractivity contribution in [3.8, 4) is 0 Å². The number of nitrogens with zero attached hydrogens (tertiary/aromatic N) is 1. The Morgan fingerprint density at radius 3 is 1.70 bits per heavy atom. The fourth-order valence-corrected chi connectivity index (χ4v) is 2.62. The molecule has 0 aliphatic rings. The van der Waals surface area contributed by atoms with Crippen LogP contribution in [0, 0.1) is 0 Å². The van der Waals surface area contributed by atoms with Crippen LogP contribution in [0.1, 0.15) is 52.4 Å². The number of carbonyl (C=O) groups is 5. The predicted molar refractivity (Wildman–Crippen MR) is 107 cm³/mol. The highest BCUT2D eigenvalue weighted by Gasteiger charge is 2.28. The van der Waals surface area contributed by atoms with E-state index in [4.69, 9.17) is 5.11 Å². The van der Waals surface area contributed by atoms with E-state index in [2.05, 4.69) is 20.1 Å². The summed E-state index contributed by atoms with van der Waals surface area (Å²) >= 11 is 0. The van der Waals surface area contributed by atoms with Gasteiger partial charge < -0.3 is 30.1 Å². The number of hydrogen-bond acceptors (Lipinski definition) is 7. The second-order valence-electron chi connectivity index (χ2n) is 6.70. The zero-order valence-corrected chi connectivity index (χ0v) is 18.1. The Kier molecular flexibility index (Phi) is 13.6. The number of ether oxygens (including phenoxy) is 2. The van der Waals surface area contributed by atoms with Crippen LogP contribution < -0.4 is 10.6 Å². The molecule has 11 nitrogen and oxygen atoms in total. The molecule has 0 fully saturated rings. The minimum absolute atomic E-state index is 0.309. The van der Waals surface area contributed by atoms with Crippen molar-refractivity contribution in [2.75, 3.05) is 27.3 Å². The number of carboxylic acids is 1. The average Bonchev–Trinajstić information content (AvgIpc) is 2.71. The number of esters is 2. The molecular weight excluding hydrogens is 398 g/mol. The van der Waals surface area contributed by atoms with Gasteiger partial charge in [0.05, 0.1) is 14.2 Å². The molecule has 11 heteroatoms. The minimum atomic E-state index is -1.34. The molecule has 0 radical (unpaired) electrons. The third-order valence-corrected chi connectivity index (χ3v) is 4.24. The summed E-state index contributed by atoms with van der Waals surface area (Å²) in [6, 6.07) is -2.76. The quantitative estimate of drug-likeness (QED) is 0.339. The standard InChI is InChI=1S/C19H33N3O8/c1-5-7-9-13(17(26)29-3)20-15(23)11-22(12-16(24)25)19(28)21-14(10-8-6-2)18(27)30-4/h13-14H,5-12H2,1-4H3,(H,20,23)(H,21,28)(H,24,25)/t13-,14-/m0/s1. The summed E-state index contributed by atoms with van der Waals surface area (Å²) in [6.07, 6.45) is 3.53. The minimum Gasteiger partial charge on any atom is -0.480 e. The van der Waals surface area contributed by atoms with Crippen molar-refractivity contribution in [1.29, 1.82) is 0 Å². The maximum absolute atomic E-state index is 12.5. The van der Waals surface area contributed by atoms with E-state index < -0.39 is 55.0 Å². The number of urea groups is 1. The summed E-state index contributed by atoms with van der Waals surface area (Å²) in [5.74, 6) is -3.35. The first-order valence-corrected chi connectivity index (χ1v) is 9.92. The maximum atomic E-state index is 12.5. The van der Waals surface area contributed by atoms with Crippen molar-refractivity contribution in [3.05, 3.63) is 0 Å². The topological polar surface area (TPSA) is 151 Å². The molecule has 3 N–H and O–H groups in total. The number of aliphatic carboxylic acids is 1. The van der Waals surface area contributed by atoms with Crippen molar-refractivity contribution in [1.82, 2.24) is 15.5 Å².